The van der Waals surface area contributed by atoms with Crippen molar-refractivity contribution in [3.05, 3.63) is 34.3 Å². The van der Waals surface area contributed by atoms with E-state index in [4.69, 9.17) is 17.3 Å². The molecule has 0 saturated carbocycles. The largest absolute Gasteiger partial charge is 0.355 e. The number of carbonyl (C=O) groups is 2. The summed E-state index contributed by atoms with van der Waals surface area (Å²) >= 11 is 6.02. The number of benzene rings is 1. The number of piperidine rings is 1. The third-order valence-corrected chi connectivity index (χ3v) is 4.03. The maximum atomic E-state index is 12.6. The molecule has 1 aliphatic heterocycles. The highest BCUT2D eigenvalue weighted by Crippen LogP contribution is 2.21. The summed E-state index contributed by atoms with van der Waals surface area (Å²) in [6.07, 6.45) is 1.63. The lowest BCUT2D eigenvalue weighted by Crippen LogP contribution is -2.46. The standard InChI is InChI=1S/C16H22ClN3O2/c1-11-7-13(9-14(17)8-11)16(22)20-6-2-3-12(10-20)15(21)19-5-4-18/h7-9,12H,2-6,10,18H2,1H3,(H,19,21). The molecule has 120 valence electrons. The topological polar surface area (TPSA) is 75.4 Å². The number of rotatable bonds is 4. The highest BCUT2D eigenvalue weighted by atomic mass is 35.5. The fourth-order valence-corrected chi connectivity index (χ4v) is 3.05. The number of nitrogens with zero attached hydrogens (tertiary/aromatic N) is 1. The zero-order chi connectivity index (χ0) is 16.1. The SMILES string of the molecule is Cc1cc(Cl)cc(C(=O)N2CCCC(C(=O)NCCN)C2)c1. The average molecular weight is 324 g/mol. The van der Waals surface area contributed by atoms with Crippen molar-refractivity contribution in [2.45, 2.75) is 19.8 Å². The van der Waals surface area contributed by atoms with E-state index in [-0.39, 0.29) is 17.7 Å². The van der Waals surface area contributed by atoms with E-state index in [1.165, 1.54) is 0 Å². The molecule has 1 fully saturated rings. The Morgan fingerprint density at radius 1 is 1.41 bits per heavy atom. The molecule has 0 aliphatic carbocycles. The lowest BCUT2D eigenvalue weighted by Gasteiger charge is -2.32. The zero-order valence-corrected chi connectivity index (χ0v) is 13.5. The number of hydrogen-bond donors (Lipinski definition) is 2. The molecule has 0 spiro atoms. The summed E-state index contributed by atoms with van der Waals surface area (Å²) in [6, 6.07) is 5.32. The fourth-order valence-electron chi connectivity index (χ4n) is 2.76. The van der Waals surface area contributed by atoms with E-state index in [2.05, 4.69) is 5.32 Å². The maximum Gasteiger partial charge on any atom is 0.253 e. The molecule has 5 nitrogen and oxygen atoms in total. The van der Waals surface area contributed by atoms with Gasteiger partial charge in [-0.3, -0.25) is 9.59 Å². The van der Waals surface area contributed by atoms with Gasteiger partial charge in [-0.1, -0.05) is 11.6 Å². The Bertz CT molecular complexity index is 542. The average Bonchev–Trinajstić information content (AvgIpc) is 2.51. The van der Waals surface area contributed by atoms with Crippen molar-refractivity contribution >= 4 is 23.4 Å². The molecule has 22 heavy (non-hydrogen) atoms. The van der Waals surface area contributed by atoms with Gasteiger partial charge in [0, 0.05) is 36.8 Å². The third-order valence-electron chi connectivity index (χ3n) is 3.81. The van der Waals surface area contributed by atoms with Crippen LogP contribution in [-0.2, 0) is 4.79 Å². The van der Waals surface area contributed by atoms with Gasteiger partial charge in [0.25, 0.3) is 5.91 Å². The Morgan fingerprint density at radius 2 is 2.18 bits per heavy atom. The van der Waals surface area contributed by atoms with Gasteiger partial charge in [-0.25, -0.2) is 0 Å². The second kappa shape index (κ2) is 7.61. The van der Waals surface area contributed by atoms with Gasteiger partial charge >= 0.3 is 0 Å². The summed E-state index contributed by atoms with van der Waals surface area (Å²) in [7, 11) is 0. The summed E-state index contributed by atoms with van der Waals surface area (Å²) < 4.78 is 0. The number of likely N-dealkylation sites (tertiary alicyclic amines) is 1. The van der Waals surface area contributed by atoms with Crippen LogP contribution in [0, 0.1) is 12.8 Å². The Labute approximate surface area is 135 Å². The van der Waals surface area contributed by atoms with Crippen LogP contribution in [-0.4, -0.2) is 42.9 Å². The van der Waals surface area contributed by atoms with E-state index in [0.29, 0.717) is 36.8 Å². The molecule has 0 aromatic heterocycles. The number of carbonyl (C=O) groups excluding carboxylic acids is 2. The van der Waals surface area contributed by atoms with Crippen molar-refractivity contribution in [2.75, 3.05) is 26.2 Å². The monoisotopic (exact) mass is 323 g/mol. The molecule has 1 aromatic rings. The van der Waals surface area contributed by atoms with Gasteiger partial charge in [-0.2, -0.15) is 0 Å². The summed E-state index contributed by atoms with van der Waals surface area (Å²) in [5.74, 6) is -0.253. The Morgan fingerprint density at radius 3 is 2.86 bits per heavy atom. The molecule has 0 bridgehead atoms. The number of aryl methyl sites for hydroxylation is 1. The molecule has 1 unspecified atom stereocenters. The first kappa shape index (κ1) is 16.8. The van der Waals surface area contributed by atoms with Crippen LogP contribution in [0.1, 0.15) is 28.8 Å². The van der Waals surface area contributed by atoms with Crippen LogP contribution in [0.25, 0.3) is 0 Å². The molecule has 1 aromatic carbocycles. The van der Waals surface area contributed by atoms with E-state index in [9.17, 15) is 9.59 Å². The fraction of sp³-hybridized carbons (Fsp3) is 0.500. The number of nitrogens with two attached hydrogens (primary N) is 1. The number of hydrogen-bond acceptors (Lipinski definition) is 3. The van der Waals surface area contributed by atoms with E-state index >= 15 is 0 Å². The minimum absolute atomic E-state index is 0.0229. The van der Waals surface area contributed by atoms with E-state index < -0.39 is 0 Å². The van der Waals surface area contributed by atoms with Crippen molar-refractivity contribution in [1.82, 2.24) is 10.2 Å². The molecule has 2 amide bonds. The third kappa shape index (κ3) is 4.21. The van der Waals surface area contributed by atoms with Crippen molar-refractivity contribution in [3.63, 3.8) is 0 Å². The molecule has 1 atom stereocenters. The minimum atomic E-state index is -0.162. The van der Waals surface area contributed by atoms with Crippen molar-refractivity contribution in [2.24, 2.45) is 11.7 Å². The van der Waals surface area contributed by atoms with Crippen LogP contribution in [0.2, 0.25) is 5.02 Å². The molecule has 1 heterocycles. The molecule has 0 radical (unpaired) electrons. The van der Waals surface area contributed by atoms with Gasteiger partial charge in [0.15, 0.2) is 0 Å². The highest BCUT2D eigenvalue weighted by Gasteiger charge is 2.28. The molecular weight excluding hydrogens is 302 g/mol. The van der Waals surface area contributed by atoms with Gasteiger partial charge in [0.1, 0.15) is 0 Å². The number of nitrogens with one attached hydrogen (secondary N) is 1. The van der Waals surface area contributed by atoms with Crippen molar-refractivity contribution in [1.29, 1.82) is 0 Å². The van der Waals surface area contributed by atoms with Crippen LogP contribution < -0.4 is 11.1 Å². The normalized spacial score (nSPS) is 18.1. The molecule has 6 heteroatoms. The van der Waals surface area contributed by atoms with Crippen molar-refractivity contribution < 1.29 is 9.59 Å². The van der Waals surface area contributed by atoms with Crippen LogP contribution in [0.5, 0.6) is 0 Å². The van der Waals surface area contributed by atoms with E-state index in [1.54, 1.807) is 11.0 Å². The van der Waals surface area contributed by atoms with Crippen LogP contribution >= 0.6 is 11.6 Å². The first-order valence-electron chi connectivity index (χ1n) is 7.55. The second-order valence-electron chi connectivity index (χ2n) is 5.69. The first-order valence-corrected chi connectivity index (χ1v) is 7.93. The number of amides is 2. The van der Waals surface area contributed by atoms with Crippen LogP contribution in [0.4, 0.5) is 0 Å². The quantitative estimate of drug-likeness (QED) is 0.883. The Hall–Kier alpha value is -1.59. The maximum absolute atomic E-state index is 12.6. The minimum Gasteiger partial charge on any atom is -0.355 e. The van der Waals surface area contributed by atoms with Crippen molar-refractivity contribution in [3.8, 4) is 0 Å². The zero-order valence-electron chi connectivity index (χ0n) is 12.8. The summed E-state index contributed by atoms with van der Waals surface area (Å²) in [6.45, 7) is 3.91. The van der Waals surface area contributed by atoms with Crippen LogP contribution in [0.3, 0.4) is 0 Å². The van der Waals surface area contributed by atoms with Gasteiger partial charge in [-0.05, 0) is 43.5 Å². The summed E-state index contributed by atoms with van der Waals surface area (Å²) in [5, 5.41) is 3.35. The van der Waals surface area contributed by atoms with E-state index in [0.717, 1.165) is 18.4 Å². The molecular formula is C16H22ClN3O2. The summed E-state index contributed by atoms with van der Waals surface area (Å²) in [4.78, 5) is 26.4. The number of halogens is 1. The molecule has 3 N–H and O–H groups in total. The predicted molar refractivity (Wildman–Crippen MR) is 86.9 cm³/mol. The molecule has 1 saturated heterocycles. The second-order valence-corrected chi connectivity index (χ2v) is 6.12. The Kier molecular flexibility index (Phi) is 5.80. The molecule has 1 aliphatic rings. The highest BCUT2D eigenvalue weighted by molar-refractivity contribution is 6.31. The van der Waals surface area contributed by atoms with Gasteiger partial charge in [-0.15, -0.1) is 0 Å². The summed E-state index contributed by atoms with van der Waals surface area (Å²) in [5.41, 5.74) is 6.92. The first-order chi connectivity index (χ1) is 10.5. The van der Waals surface area contributed by atoms with Gasteiger partial charge in [0.2, 0.25) is 5.91 Å². The van der Waals surface area contributed by atoms with Crippen LogP contribution in [0.15, 0.2) is 18.2 Å². The molecule has 2 rings (SSSR count). The lowest BCUT2D eigenvalue weighted by atomic mass is 9.96. The lowest BCUT2D eigenvalue weighted by molar-refractivity contribution is -0.126. The smallest absolute Gasteiger partial charge is 0.253 e. The predicted octanol–water partition coefficient (Wildman–Crippen LogP) is 1.58. The van der Waals surface area contributed by atoms with Gasteiger partial charge in [0.05, 0.1) is 5.92 Å². The van der Waals surface area contributed by atoms with E-state index in [1.807, 2.05) is 19.1 Å². The van der Waals surface area contributed by atoms with Gasteiger partial charge < -0.3 is 16.0 Å². The Balaban J connectivity index is 2.05.